The Morgan fingerprint density at radius 2 is 1.11 bits per heavy atom. The van der Waals surface area contributed by atoms with Gasteiger partial charge in [0.1, 0.15) is 5.58 Å². The molecule has 1 heterocycles. The molecule has 6 aliphatic carbocycles. The van der Waals surface area contributed by atoms with Gasteiger partial charge in [0.2, 0.25) is 0 Å². The monoisotopic (exact) mass is 715 g/mol. The van der Waals surface area contributed by atoms with E-state index in [1.807, 2.05) is 0 Å². The highest BCUT2D eigenvalue weighted by atomic mass is 16.3. The van der Waals surface area contributed by atoms with Gasteiger partial charge in [0.05, 0.1) is 5.69 Å². The second kappa shape index (κ2) is 10.8. The molecule has 6 aliphatic rings. The minimum atomic E-state index is -0.112. The molecule has 0 unspecified atom stereocenters. The van der Waals surface area contributed by atoms with Gasteiger partial charge in [-0.15, -0.1) is 0 Å². The minimum absolute atomic E-state index is 0.0570. The molecule has 2 heteroatoms. The minimum Gasteiger partial charge on any atom is -0.454 e. The quantitative estimate of drug-likeness (QED) is 0.181. The zero-order valence-electron chi connectivity index (χ0n) is 32.7. The molecule has 6 aromatic carbocycles. The normalized spacial score (nSPS) is 25.0. The molecule has 0 atom stereocenters. The van der Waals surface area contributed by atoms with Crippen LogP contribution in [0.4, 0.5) is 17.1 Å². The van der Waals surface area contributed by atoms with E-state index >= 15 is 0 Å². The maximum atomic E-state index is 6.95. The Bertz CT molecular complexity index is 2720. The van der Waals surface area contributed by atoms with E-state index in [2.05, 4.69) is 161 Å². The molecular formula is C53H49NO. The third-order valence-electron chi connectivity index (χ3n) is 15.2. The summed E-state index contributed by atoms with van der Waals surface area (Å²) < 4.78 is 6.95. The first-order chi connectivity index (χ1) is 26.6. The summed E-state index contributed by atoms with van der Waals surface area (Å²) in [5, 5.41) is 2.36. The van der Waals surface area contributed by atoms with Gasteiger partial charge in [0.15, 0.2) is 5.58 Å². The number of anilines is 3. The van der Waals surface area contributed by atoms with Crippen molar-refractivity contribution in [2.45, 2.75) is 83.0 Å². The zero-order chi connectivity index (χ0) is 37.0. The van der Waals surface area contributed by atoms with E-state index in [9.17, 15) is 0 Å². The Balaban J connectivity index is 1.14. The van der Waals surface area contributed by atoms with Crippen molar-refractivity contribution in [2.24, 2.45) is 23.7 Å². The Kier molecular flexibility index (Phi) is 6.33. The Morgan fingerprint density at radius 1 is 0.545 bits per heavy atom. The number of para-hydroxylation sites is 1. The van der Waals surface area contributed by atoms with E-state index in [1.54, 1.807) is 11.1 Å². The maximum Gasteiger partial charge on any atom is 0.159 e. The van der Waals surface area contributed by atoms with E-state index < -0.39 is 0 Å². The van der Waals surface area contributed by atoms with Crippen LogP contribution in [0, 0.1) is 23.7 Å². The summed E-state index contributed by atoms with van der Waals surface area (Å²) >= 11 is 0. The van der Waals surface area contributed by atoms with E-state index in [1.165, 1.54) is 93.2 Å². The Labute approximate surface area is 325 Å². The van der Waals surface area contributed by atoms with Gasteiger partial charge in [-0.1, -0.05) is 113 Å². The second-order valence-corrected chi connectivity index (χ2v) is 19.4. The van der Waals surface area contributed by atoms with Crippen LogP contribution in [0.15, 0.2) is 126 Å². The third kappa shape index (κ3) is 4.21. The molecule has 4 bridgehead atoms. The summed E-state index contributed by atoms with van der Waals surface area (Å²) in [5.74, 6) is 3.23. The molecule has 0 radical (unpaired) electrons. The summed E-state index contributed by atoms with van der Waals surface area (Å²) in [6.45, 7) is 11.8. The average molecular weight is 716 g/mol. The second-order valence-electron chi connectivity index (χ2n) is 19.4. The molecule has 1 aromatic heterocycles. The van der Waals surface area contributed by atoms with Gasteiger partial charge in [0, 0.05) is 33.0 Å². The molecule has 0 N–H and O–H groups in total. The highest BCUT2D eigenvalue weighted by molar-refractivity contribution is 6.11. The summed E-state index contributed by atoms with van der Waals surface area (Å²) in [6.07, 6.45) is 6.97. The van der Waals surface area contributed by atoms with Crippen LogP contribution < -0.4 is 4.90 Å². The van der Waals surface area contributed by atoms with E-state index in [4.69, 9.17) is 4.42 Å². The molecule has 0 amide bonds. The molecule has 13 rings (SSSR count). The fraction of sp³-hybridized carbons (Fsp3) is 0.321. The van der Waals surface area contributed by atoms with Crippen molar-refractivity contribution in [3.05, 3.63) is 149 Å². The Morgan fingerprint density at radius 3 is 1.80 bits per heavy atom. The number of fused-ring (bicyclic) bond motifs is 9. The lowest BCUT2D eigenvalue weighted by atomic mass is 9.43. The Hall–Kier alpha value is -5.08. The lowest BCUT2D eigenvalue weighted by molar-refractivity contribution is -0.0399. The van der Waals surface area contributed by atoms with Crippen LogP contribution in [0.2, 0.25) is 0 Å². The molecule has 7 aromatic rings. The first kappa shape index (κ1) is 32.2. The largest absolute Gasteiger partial charge is 0.454 e. The van der Waals surface area contributed by atoms with Gasteiger partial charge in [-0.25, -0.2) is 0 Å². The van der Waals surface area contributed by atoms with Crippen molar-refractivity contribution in [3.8, 4) is 22.3 Å². The van der Waals surface area contributed by atoms with Crippen LogP contribution in [-0.4, -0.2) is 0 Å². The number of benzene rings is 6. The number of nitrogens with zero attached hydrogens (tertiary/aromatic N) is 1. The molecule has 4 fully saturated rings. The molecule has 0 aliphatic heterocycles. The van der Waals surface area contributed by atoms with Gasteiger partial charge >= 0.3 is 0 Å². The molecular weight excluding hydrogens is 667 g/mol. The predicted molar refractivity (Wildman–Crippen MR) is 228 cm³/mol. The smallest absolute Gasteiger partial charge is 0.159 e. The van der Waals surface area contributed by atoms with Crippen LogP contribution in [-0.2, 0) is 16.2 Å². The van der Waals surface area contributed by atoms with Crippen molar-refractivity contribution >= 4 is 39.0 Å². The van der Waals surface area contributed by atoms with Crippen LogP contribution in [0.25, 0.3) is 44.2 Å². The number of hydrogen-bond donors (Lipinski definition) is 0. The molecule has 0 saturated heterocycles. The maximum absolute atomic E-state index is 6.95. The van der Waals surface area contributed by atoms with Crippen molar-refractivity contribution in [1.82, 2.24) is 0 Å². The molecule has 4 saturated carbocycles. The summed E-state index contributed by atoms with van der Waals surface area (Å²) in [6, 6.07) is 46.7. The third-order valence-corrected chi connectivity index (χ3v) is 15.2. The summed E-state index contributed by atoms with van der Waals surface area (Å²) in [5.41, 5.74) is 18.2. The van der Waals surface area contributed by atoms with Crippen LogP contribution in [0.5, 0.6) is 0 Å². The van der Waals surface area contributed by atoms with Gasteiger partial charge < -0.3 is 9.32 Å². The molecule has 55 heavy (non-hydrogen) atoms. The predicted octanol–water partition coefficient (Wildman–Crippen LogP) is 14.4. The lowest BCUT2D eigenvalue weighted by Crippen LogP contribution is -2.55. The van der Waals surface area contributed by atoms with Crippen LogP contribution >= 0.6 is 0 Å². The van der Waals surface area contributed by atoms with Crippen LogP contribution in [0.1, 0.15) is 94.5 Å². The number of rotatable bonds is 3. The van der Waals surface area contributed by atoms with Crippen molar-refractivity contribution in [2.75, 3.05) is 4.90 Å². The zero-order valence-corrected chi connectivity index (χ0v) is 32.7. The van der Waals surface area contributed by atoms with Gasteiger partial charge in [-0.05, 0) is 154 Å². The van der Waals surface area contributed by atoms with E-state index in [0.717, 1.165) is 28.7 Å². The standard InChI is InChI=1S/C53H49NO/c1-51(2,3)33-27-43-42-14-8-11-17-49(42)55-50(43)48(28-33)54(36-18-20-40-38-12-6-9-15-44(38)52(4,5)46(40)29-36)37-19-21-41-39-13-7-10-16-45(39)53(47(41)30-37)34-23-31-22-32(25-34)26-35(53)24-31/h6-21,27-32,34-35H,22-26H2,1-5H3. The summed E-state index contributed by atoms with van der Waals surface area (Å²) in [4.78, 5) is 2.56. The number of hydrogen-bond acceptors (Lipinski definition) is 2. The van der Waals surface area contributed by atoms with Crippen molar-refractivity contribution in [1.29, 1.82) is 0 Å². The SMILES string of the molecule is CC(C)(C)c1cc(N(c2ccc3c(c2)C(C)(C)c2ccccc2-3)c2ccc3c(c2)C2(c4ccccc4-3)C3CC4CC(C3)CC2C4)c2oc3ccccc3c2c1. The molecule has 2 nitrogen and oxygen atoms in total. The fourth-order valence-electron chi connectivity index (χ4n) is 12.9. The van der Waals surface area contributed by atoms with Gasteiger partial charge in [-0.3, -0.25) is 0 Å². The number of furan rings is 1. The van der Waals surface area contributed by atoms with Crippen molar-refractivity contribution in [3.63, 3.8) is 0 Å². The lowest BCUT2D eigenvalue weighted by Gasteiger charge is -2.61. The average Bonchev–Trinajstić information content (AvgIpc) is 3.78. The fourth-order valence-corrected chi connectivity index (χ4v) is 12.9. The molecule has 272 valence electrons. The first-order valence-corrected chi connectivity index (χ1v) is 20.9. The van der Waals surface area contributed by atoms with Gasteiger partial charge in [-0.2, -0.15) is 0 Å². The summed E-state index contributed by atoms with van der Waals surface area (Å²) in [7, 11) is 0. The molecule has 1 spiro atoms. The van der Waals surface area contributed by atoms with Crippen LogP contribution in [0.3, 0.4) is 0 Å². The first-order valence-electron chi connectivity index (χ1n) is 20.9. The highest BCUT2D eigenvalue weighted by Gasteiger charge is 2.61. The van der Waals surface area contributed by atoms with Crippen molar-refractivity contribution < 1.29 is 4.42 Å². The van der Waals surface area contributed by atoms with E-state index in [0.29, 0.717) is 11.8 Å². The topological polar surface area (TPSA) is 16.4 Å². The highest BCUT2D eigenvalue weighted by Crippen LogP contribution is 2.69. The van der Waals surface area contributed by atoms with Gasteiger partial charge in [0.25, 0.3) is 0 Å². The van der Waals surface area contributed by atoms with E-state index in [-0.39, 0.29) is 16.2 Å².